The molecule has 0 bridgehead atoms. The first-order chi connectivity index (χ1) is 7.74. The summed E-state index contributed by atoms with van der Waals surface area (Å²) in [6.45, 7) is 0.781. The van der Waals surface area contributed by atoms with Crippen LogP contribution in [0.1, 0.15) is 25.7 Å². The number of halogens is 1. The third kappa shape index (κ3) is 2.53. The Labute approximate surface area is 95.1 Å². The fourth-order valence-electron chi connectivity index (χ4n) is 2.11. The largest absolute Gasteiger partial charge is 0.493 e. The van der Waals surface area contributed by atoms with Gasteiger partial charge in [-0.05, 0) is 36.8 Å². The highest BCUT2D eigenvalue weighted by molar-refractivity contribution is 5.22. The molecule has 0 unspecified atom stereocenters. The van der Waals surface area contributed by atoms with Crippen LogP contribution in [-0.4, -0.2) is 18.3 Å². The average Bonchev–Trinajstić information content (AvgIpc) is 2.22. The number of rotatable bonds is 5. The van der Waals surface area contributed by atoms with Crippen molar-refractivity contribution in [2.45, 2.75) is 25.7 Å². The zero-order chi connectivity index (χ0) is 11.4. The van der Waals surface area contributed by atoms with Crippen LogP contribution in [-0.2, 0) is 0 Å². The van der Waals surface area contributed by atoms with Gasteiger partial charge in [0.2, 0.25) is 0 Å². The van der Waals surface area contributed by atoms with Gasteiger partial charge in [-0.3, -0.25) is 0 Å². The predicted molar refractivity (Wildman–Crippen MR) is 59.9 cm³/mol. The Morgan fingerprint density at radius 3 is 2.75 bits per heavy atom. The van der Waals surface area contributed by atoms with Gasteiger partial charge in [-0.1, -0.05) is 12.5 Å². The standard InChI is InChI=1S/C13H17FO2/c14-11-3-1-4-12(9-11)16-8-7-13(10-15)5-2-6-13/h1,3-4,9,15H,2,5-8,10H2. The van der Waals surface area contributed by atoms with E-state index in [2.05, 4.69) is 0 Å². The first kappa shape index (κ1) is 11.4. The van der Waals surface area contributed by atoms with E-state index in [4.69, 9.17) is 4.74 Å². The van der Waals surface area contributed by atoms with Crippen molar-refractivity contribution >= 4 is 0 Å². The molecule has 0 atom stereocenters. The number of aliphatic hydroxyl groups is 1. The molecule has 1 aromatic carbocycles. The highest BCUT2D eigenvalue weighted by Crippen LogP contribution is 2.43. The summed E-state index contributed by atoms with van der Waals surface area (Å²) in [6.07, 6.45) is 4.20. The van der Waals surface area contributed by atoms with E-state index in [0.29, 0.717) is 12.4 Å². The van der Waals surface area contributed by atoms with Gasteiger partial charge in [0.15, 0.2) is 0 Å². The number of ether oxygens (including phenoxy) is 1. The van der Waals surface area contributed by atoms with E-state index in [-0.39, 0.29) is 17.8 Å². The minimum Gasteiger partial charge on any atom is -0.493 e. The molecule has 1 saturated carbocycles. The van der Waals surface area contributed by atoms with Crippen molar-refractivity contribution in [3.8, 4) is 5.75 Å². The van der Waals surface area contributed by atoms with Crippen molar-refractivity contribution in [1.29, 1.82) is 0 Å². The molecule has 0 heterocycles. The summed E-state index contributed by atoms with van der Waals surface area (Å²) in [6, 6.07) is 6.16. The highest BCUT2D eigenvalue weighted by Gasteiger charge is 2.35. The summed E-state index contributed by atoms with van der Waals surface area (Å²) in [5.41, 5.74) is 0.0767. The maximum Gasteiger partial charge on any atom is 0.126 e. The number of hydrogen-bond donors (Lipinski definition) is 1. The molecular weight excluding hydrogens is 207 g/mol. The van der Waals surface area contributed by atoms with E-state index in [0.717, 1.165) is 19.3 Å². The minimum absolute atomic E-state index is 0.0767. The molecule has 0 aromatic heterocycles. The zero-order valence-electron chi connectivity index (χ0n) is 9.29. The number of hydrogen-bond acceptors (Lipinski definition) is 2. The van der Waals surface area contributed by atoms with Gasteiger partial charge in [0.1, 0.15) is 11.6 Å². The van der Waals surface area contributed by atoms with Gasteiger partial charge < -0.3 is 9.84 Å². The SMILES string of the molecule is OCC1(CCOc2cccc(F)c2)CCC1. The Kier molecular flexibility index (Phi) is 3.44. The van der Waals surface area contributed by atoms with E-state index in [1.807, 2.05) is 0 Å². The molecule has 0 aliphatic heterocycles. The third-order valence-electron chi connectivity index (χ3n) is 3.45. The lowest BCUT2D eigenvalue weighted by molar-refractivity contribution is 0.0235. The lowest BCUT2D eigenvalue weighted by atomic mass is 9.67. The van der Waals surface area contributed by atoms with E-state index in [9.17, 15) is 9.50 Å². The maximum absolute atomic E-state index is 12.9. The Balaban J connectivity index is 1.79. The average molecular weight is 224 g/mol. The molecular formula is C13H17FO2. The first-order valence-corrected chi connectivity index (χ1v) is 5.73. The second kappa shape index (κ2) is 4.83. The molecule has 1 aromatic rings. The lowest BCUT2D eigenvalue weighted by Gasteiger charge is -2.40. The molecule has 88 valence electrons. The van der Waals surface area contributed by atoms with Gasteiger partial charge in [-0.15, -0.1) is 0 Å². The Hall–Kier alpha value is -1.09. The van der Waals surface area contributed by atoms with Crippen molar-refractivity contribution in [1.82, 2.24) is 0 Å². The second-order valence-corrected chi connectivity index (χ2v) is 4.57. The minimum atomic E-state index is -0.280. The van der Waals surface area contributed by atoms with Gasteiger partial charge in [0.05, 0.1) is 6.61 Å². The van der Waals surface area contributed by atoms with Crippen LogP contribution in [0.25, 0.3) is 0 Å². The number of aliphatic hydroxyl groups excluding tert-OH is 1. The van der Waals surface area contributed by atoms with Crippen LogP contribution in [0.3, 0.4) is 0 Å². The zero-order valence-corrected chi connectivity index (χ0v) is 9.29. The van der Waals surface area contributed by atoms with E-state index in [1.165, 1.54) is 18.6 Å². The van der Waals surface area contributed by atoms with Crippen molar-refractivity contribution in [3.63, 3.8) is 0 Å². The van der Waals surface area contributed by atoms with Crippen molar-refractivity contribution in [2.24, 2.45) is 5.41 Å². The van der Waals surface area contributed by atoms with Gasteiger partial charge >= 0.3 is 0 Å². The molecule has 2 rings (SSSR count). The van der Waals surface area contributed by atoms with Crippen LogP contribution in [0, 0.1) is 11.2 Å². The van der Waals surface area contributed by atoms with E-state index in [1.54, 1.807) is 12.1 Å². The van der Waals surface area contributed by atoms with E-state index >= 15 is 0 Å². The van der Waals surface area contributed by atoms with Gasteiger partial charge in [-0.25, -0.2) is 4.39 Å². The molecule has 1 fully saturated rings. The van der Waals surface area contributed by atoms with Crippen molar-refractivity contribution < 1.29 is 14.2 Å². The molecule has 1 N–H and O–H groups in total. The molecule has 0 spiro atoms. The summed E-state index contributed by atoms with van der Waals surface area (Å²) < 4.78 is 18.3. The van der Waals surface area contributed by atoms with Crippen LogP contribution in [0.15, 0.2) is 24.3 Å². The predicted octanol–water partition coefficient (Wildman–Crippen LogP) is 2.76. The molecule has 1 aliphatic rings. The second-order valence-electron chi connectivity index (χ2n) is 4.57. The van der Waals surface area contributed by atoms with Crippen molar-refractivity contribution in [2.75, 3.05) is 13.2 Å². The van der Waals surface area contributed by atoms with Gasteiger partial charge in [-0.2, -0.15) is 0 Å². The lowest BCUT2D eigenvalue weighted by Crippen LogP contribution is -2.34. The van der Waals surface area contributed by atoms with Crippen LogP contribution < -0.4 is 4.74 Å². The molecule has 3 heteroatoms. The van der Waals surface area contributed by atoms with Gasteiger partial charge in [0.25, 0.3) is 0 Å². The summed E-state index contributed by atoms with van der Waals surface area (Å²) >= 11 is 0. The Morgan fingerprint density at radius 2 is 2.19 bits per heavy atom. The summed E-state index contributed by atoms with van der Waals surface area (Å²) in [7, 11) is 0. The van der Waals surface area contributed by atoms with E-state index < -0.39 is 0 Å². The fraction of sp³-hybridized carbons (Fsp3) is 0.538. The van der Waals surface area contributed by atoms with Crippen LogP contribution in [0.2, 0.25) is 0 Å². The molecule has 0 radical (unpaired) electrons. The molecule has 1 aliphatic carbocycles. The Morgan fingerprint density at radius 1 is 1.38 bits per heavy atom. The van der Waals surface area contributed by atoms with Crippen LogP contribution >= 0.6 is 0 Å². The number of benzene rings is 1. The Bertz CT molecular complexity index is 342. The topological polar surface area (TPSA) is 29.5 Å². The molecule has 2 nitrogen and oxygen atoms in total. The first-order valence-electron chi connectivity index (χ1n) is 5.73. The summed E-state index contributed by atoms with van der Waals surface area (Å²) in [5.74, 6) is 0.283. The highest BCUT2D eigenvalue weighted by atomic mass is 19.1. The summed E-state index contributed by atoms with van der Waals surface area (Å²) in [5, 5.41) is 9.26. The van der Waals surface area contributed by atoms with Crippen LogP contribution in [0.4, 0.5) is 4.39 Å². The van der Waals surface area contributed by atoms with Crippen LogP contribution in [0.5, 0.6) is 5.75 Å². The van der Waals surface area contributed by atoms with Gasteiger partial charge in [0, 0.05) is 12.7 Å². The third-order valence-corrected chi connectivity index (χ3v) is 3.45. The fourth-order valence-corrected chi connectivity index (χ4v) is 2.11. The quantitative estimate of drug-likeness (QED) is 0.833. The normalized spacial score (nSPS) is 17.9. The monoisotopic (exact) mass is 224 g/mol. The molecule has 16 heavy (non-hydrogen) atoms. The smallest absolute Gasteiger partial charge is 0.126 e. The maximum atomic E-state index is 12.9. The van der Waals surface area contributed by atoms with Crippen molar-refractivity contribution in [3.05, 3.63) is 30.1 Å². The molecule has 0 amide bonds. The summed E-state index contributed by atoms with van der Waals surface area (Å²) in [4.78, 5) is 0. The molecule has 0 saturated heterocycles.